The van der Waals surface area contributed by atoms with E-state index in [1.54, 1.807) is 0 Å². The molecule has 1 aliphatic heterocycles. The van der Waals surface area contributed by atoms with E-state index in [9.17, 15) is 15.3 Å². The first-order valence-electron chi connectivity index (χ1n) is 10.6. The molecule has 10 atom stereocenters. The number of fused-ring (bicyclic) bond motifs is 2. The zero-order valence-corrected chi connectivity index (χ0v) is 15.6. The van der Waals surface area contributed by atoms with E-state index in [1.165, 1.54) is 32.2 Å². The van der Waals surface area contributed by atoms with Crippen LogP contribution in [-0.2, 0) is 0 Å². The second kappa shape index (κ2) is 4.29. The predicted octanol–water partition coefficient (Wildman–Crippen LogP) is 1.63. The highest BCUT2D eigenvalue weighted by molar-refractivity contribution is 5.33. The van der Waals surface area contributed by atoms with E-state index < -0.39 is 11.7 Å². The minimum absolute atomic E-state index is 0.0762. The summed E-state index contributed by atoms with van der Waals surface area (Å²) < 4.78 is 0. The SMILES string of the molecule is CN1C[C@]2(C)CCC[C@@]34[C@@H]5C[C@@H]6CC[C@]5([C@H](O)[C@]6(O)CO)[C@@H](C[C@H]23)[C@@H]14. The maximum Gasteiger partial charge on any atom is 0.117 e. The molecule has 25 heavy (non-hydrogen) atoms. The van der Waals surface area contributed by atoms with E-state index in [0.29, 0.717) is 28.7 Å². The van der Waals surface area contributed by atoms with Crippen molar-refractivity contribution in [3.63, 3.8) is 0 Å². The van der Waals surface area contributed by atoms with Crippen molar-refractivity contribution in [1.82, 2.24) is 4.90 Å². The monoisotopic (exact) mass is 347 g/mol. The van der Waals surface area contributed by atoms with Crippen LogP contribution in [0.2, 0.25) is 0 Å². The first-order valence-corrected chi connectivity index (χ1v) is 10.6. The summed E-state index contributed by atoms with van der Waals surface area (Å²) in [6.07, 6.45) is 7.59. The lowest BCUT2D eigenvalue weighted by Gasteiger charge is -2.69. The molecule has 1 heterocycles. The summed E-state index contributed by atoms with van der Waals surface area (Å²) in [5.41, 5.74) is -0.610. The van der Waals surface area contributed by atoms with Gasteiger partial charge in [0.15, 0.2) is 0 Å². The van der Waals surface area contributed by atoms with E-state index in [4.69, 9.17) is 0 Å². The number of hydrogen-bond acceptors (Lipinski definition) is 4. The molecule has 4 heteroatoms. The Hall–Kier alpha value is -0.160. The summed E-state index contributed by atoms with van der Waals surface area (Å²) in [6.45, 7) is 3.45. The van der Waals surface area contributed by atoms with Gasteiger partial charge in [-0.25, -0.2) is 0 Å². The van der Waals surface area contributed by atoms with Crippen LogP contribution in [0.15, 0.2) is 0 Å². The molecule has 1 saturated heterocycles. The van der Waals surface area contributed by atoms with Crippen LogP contribution in [0.5, 0.6) is 0 Å². The van der Waals surface area contributed by atoms with Crippen LogP contribution >= 0.6 is 0 Å². The van der Waals surface area contributed by atoms with E-state index >= 15 is 0 Å². The average Bonchev–Trinajstić information content (AvgIpc) is 3.02. The summed E-state index contributed by atoms with van der Waals surface area (Å²) in [4.78, 5) is 2.65. The molecule has 7 rings (SSSR count). The van der Waals surface area contributed by atoms with E-state index in [2.05, 4.69) is 18.9 Å². The quantitative estimate of drug-likeness (QED) is 0.675. The fourth-order valence-corrected chi connectivity index (χ4v) is 10.4. The van der Waals surface area contributed by atoms with Gasteiger partial charge in [0, 0.05) is 18.0 Å². The molecular weight excluding hydrogens is 314 g/mol. The average molecular weight is 347 g/mol. The third kappa shape index (κ3) is 1.35. The molecule has 6 aliphatic carbocycles. The lowest BCUT2D eigenvalue weighted by molar-refractivity contribution is -0.287. The van der Waals surface area contributed by atoms with Crippen LogP contribution in [0.4, 0.5) is 0 Å². The van der Waals surface area contributed by atoms with E-state index in [0.717, 1.165) is 25.2 Å². The molecule has 2 spiro atoms. The number of likely N-dealkylation sites (tertiary alicyclic amines) is 1. The Morgan fingerprint density at radius 3 is 2.64 bits per heavy atom. The van der Waals surface area contributed by atoms with Gasteiger partial charge in [-0.2, -0.15) is 0 Å². The number of piperidine rings is 1. The summed E-state index contributed by atoms with van der Waals surface area (Å²) in [6, 6.07) is 0.588. The van der Waals surface area contributed by atoms with Crippen molar-refractivity contribution in [2.45, 2.75) is 69.6 Å². The van der Waals surface area contributed by atoms with Gasteiger partial charge in [-0.15, -0.1) is 0 Å². The van der Waals surface area contributed by atoms with Crippen molar-refractivity contribution in [3.8, 4) is 0 Å². The van der Waals surface area contributed by atoms with Crippen LogP contribution < -0.4 is 0 Å². The number of hydrogen-bond donors (Lipinski definition) is 3. The Bertz CT molecular complexity index is 641. The Morgan fingerprint density at radius 1 is 1.08 bits per heavy atom. The molecule has 0 radical (unpaired) electrons. The number of aliphatic hydroxyl groups excluding tert-OH is 2. The molecule has 7 aliphatic rings. The summed E-state index contributed by atoms with van der Waals surface area (Å²) >= 11 is 0. The third-order valence-corrected chi connectivity index (χ3v) is 10.7. The molecule has 0 aromatic carbocycles. The molecular formula is C21H33NO3. The lowest BCUT2D eigenvalue weighted by Crippen LogP contribution is -2.72. The number of aliphatic hydroxyl groups is 3. The normalized spacial score (nSPS) is 67.6. The van der Waals surface area contributed by atoms with E-state index in [1.807, 2.05) is 0 Å². The van der Waals surface area contributed by atoms with Gasteiger partial charge in [0.1, 0.15) is 5.60 Å². The highest BCUT2D eigenvalue weighted by atomic mass is 16.4. The van der Waals surface area contributed by atoms with Gasteiger partial charge in [-0.05, 0) is 80.1 Å². The summed E-state index contributed by atoms with van der Waals surface area (Å²) in [5, 5.41) is 32.6. The van der Waals surface area contributed by atoms with Gasteiger partial charge in [0.2, 0.25) is 0 Å². The molecule has 0 amide bonds. The number of rotatable bonds is 1. The van der Waals surface area contributed by atoms with Gasteiger partial charge in [0.25, 0.3) is 0 Å². The van der Waals surface area contributed by atoms with Crippen LogP contribution in [0, 0.1) is 39.9 Å². The molecule has 0 unspecified atom stereocenters. The Kier molecular flexibility index (Phi) is 2.72. The van der Waals surface area contributed by atoms with Crippen LogP contribution in [0.25, 0.3) is 0 Å². The van der Waals surface area contributed by atoms with Crippen LogP contribution in [0.3, 0.4) is 0 Å². The molecule has 0 aromatic heterocycles. The van der Waals surface area contributed by atoms with Gasteiger partial charge in [-0.1, -0.05) is 13.3 Å². The Morgan fingerprint density at radius 2 is 1.88 bits per heavy atom. The lowest BCUT2D eigenvalue weighted by atomic mass is 9.38. The second-order valence-corrected chi connectivity index (χ2v) is 11.1. The highest BCUT2D eigenvalue weighted by Crippen LogP contribution is 2.83. The van der Waals surface area contributed by atoms with Gasteiger partial charge >= 0.3 is 0 Å². The van der Waals surface area contributed by atoms with Crippen molar-refractivity contribution in [3.05, 3.63) is 0 Å². The highest BCUT2D eigenvalue weighted by Gasteiger charge is 2.84. The molecule has 0 aromatic rings. The van der Waals surface area contributed by atoms with Crippen molar-refractivity contribution < 1.29 is 15.3 Å². The topological polar surface area (TPSA) is 63.9 Å². The van der Waals surface area contributed by atoms with Crippen LogP contribution in [-0.4, -0.2) is 58.2 Å². The Labute approximate surface area is 150 Å². The fraction of sp³-hybridized carbons (Fsp3) is 1.00. The molecule has 140 valence electrons. The third-order valence-electron chi connectivity index (χ3n) is 10.7. The zero-order valence-electron chi connectivity index (χ0n) is 15.6. The Balaban J connectivity index is 1.56. The standard InChI is InChI=1S/C21H33NO3/c1-18-5-3-6-20-14(18)9-13(16(20)22(2)10-18)19-7-4-12(8-15(19)20)21(25,11-23)17(19)24/h12-17,23-25H,3-11H2,1-2H3/t12-,13-,14+,15+,16+,17-,18-,19-,20-,21-/m0/s1. The molecule has 7 fully saturated rings. The van der Waals surface area contributed by atoms with Gasteiger partial charge < -0.3 is 20.2 Å². The second-order valence-electron chi connectivity index (χ2n) is 11.1. The van der Waals surface area contributed by atoms with Crippen molar-refractivity contribution in [2.75, 3.05) is 20.2 Å². The van der Waals surface area contributed by atoms with Crippen molar-refractivity contribution in [2.24, 2.45) is 39.9 Å². The van der Waals surface area contributed by atoms with Crippen molar-refractivity contribution in [1.29, 1.82) is 0 Å². The van der Waals surface area contributed by atoms with Gasteiger partial charge in [-0.3, -0.25) is 0 Å². The van der Waals surface area contributed by atoms with E-state index in [-0.39, 0.29) is 17.9 Å². The van der Waals surface area contributed by atoms with Crippen LogP contribution in [0.1, 0.15) is 51.9 Å². The maximum atomic E-state index is 11.4. The van der Waals surface area contributed by atoms with Crippen molar-refractivity contribution >= 4 is 0 Å². The first-order chi connectivity index (χ1) is 11.8. The molecule has 6 saturated carbocycles. The zero-order chi connectivity index (χ0) is 17.4. The van der Waals surface area contributed by atoms with Gasteiger partial charge in [0.05, 0.1) is 12.7 Å². The molecule has 3 N–H and O–H groups in total. The minimum Gasteiger partial charge on any atom is -0.393 e. The number of nitrogens with zero attached hydrogens (tertiary/aromatic N) is 1. The summed E-state index contributed by atoms with van der Waals surface area (Å²) in [5.74, 6) is 1.94. The maximum absolute atomic E-state index is 11.4. The predicted molar refractivity (Wildman–Crippen MR) is 93.7 cm³/mol. The smallest absolute Gasteiger partial charge is 0.117 e. The largest absolute Gasteiger partial charge is 0.393 e. The fourth-order valence-electron chi connectivity index (χ4n) is 10.4. The summed E-state index contributed by atoms with van der Waals surface area (Å²) in [7, 11) is 2.32. The molecule has 4 nitrogen and oxygen atoms in total. The molecule has 7 bridgehead atoms. The minimum atomic E-state index is -1.26. The first kappa shape index (κ1) is 15.9.